The van der Waals surface area contributed by atoms with E-state index in [4.69, 9.17) is 0 Å². The normalized spacial score (nSPS) is 28.2. The van der Waals surface area contributed by atoms with E-state index in [1.165, 1.54) is 7.11 Å². The van der Waals surface area contributed by atoms with Gasteiger partial charge in [-0.2, -0.15) is 0 Å². The first-order valence-electron chi connectivity index (χ1n) is 4.39. The Labute approximate surface area is 84.2 Å². The minimum atomic E-state index is 0.283. The van der Waals surface area contributed by atoms with Gasteiger partial charge in [-0.15, -0.1) is 4.33 Å². The second-order valence-electron chi connectivity index (χ2n) is 4.03. The summed E-state index contributed by atoms with van der Waals surface area (Å²) in [4.78, 5) is 6.81. The summed E-state index contributed by atoms with van der Waals surface area (Å²) in [5, 5.41) is 0. The fraction of sp³-hybridized carbons (Fsp3) is 1.00. The molecule has 4 nitrogen and oxygen atoms in total. The van der Waals surface area contributed by atoms with Crippen molar-refractivity contribution in [3.05, 3.63) is 0 Å². The van der Waals surface area contributed by atoms with Gasteiger partial charge in [-0.05, 0) is 27.3 Å². The molecule has 1 heterocycles. The van der Waals surface area contributed by atoms with E-state index in [9.17, 15) is 0 Å². The van der Waals surface area contributed by atoms with Crippen molar-refractivity contribution in [1.29, 1.82) is 0 Å². The molecule has 0 spiro atoms. The molecule has 5 heteroatoms. The molecule has 0 radical (unpaired) electrons. The van der Waals surface area contributed by atoms with Gasteiger partial charge in [0, 0.05) is 18.1 Å². The number of hydrogen-bond acceptors (Lipinski definition) is 5. The summed E-state index contributed by atoms with van der Waals surface area (Å²) >= 11 is 1.15. The van der Waals surface area contributed by atoms with Crippen LogP contribution in [0, 0.1) is 0 Å². The highest BCUT2D eigenvalue weighted by Crippen LogP contribution is 2.27. The van der Waals surface area contributed by atoms with Crippen molar-refractivity contribution >= 4 is 12.2 Å². The van der Waals surface area contributed by atoms with Gasteiger partial charge in [0.1, 0.15) is 12.2 Å². The highest BCUT2D eigenvalue weighted by Gasteiger charge is 2.35. The lowest BCUT2D eigenvalue weighted by Crippen LogP contribution is -2.34. The molecule has 1 rings (SSSR count). The van der Waals surface area contributed by atoms with Gasteiger partial charge in [0.2, 0.25) is 0 Å². The zero-order valence-corrected chi connectivity index (χ0v) is 9.48. The molecule has 1 aliphatic heterocycles. The molecule has 0 aromatic rings. The quantitative estimate of drug-likeness (QED) is 0.246. The number of rotatable bonds is 4. The molecule has 0 aliphatic carbocycles. The SMILES string of the molecule is COOSNC1CN(C)C(C)(C)C1. The molecule has 1 saturated heterocycles. The Bertz CT molecular complexity index is 166. The topological polar surface area (TPSA) is 33.7 Å². The first kappa shape index (κ1) is 11.3. The van der Waals surface area contributed by atoms with Gasteiger partial charge in [0.05, 0.1) is 7.11 Å². The molecule has 0 amide bonds. The first-order valence-corrected chi connectivity index (χ1v) is 5.13. The Morgan fingerprint density at radius 2 is 2.23 bits per heavy atom. The molecule has 1 fully saturated rings. The summed E-state index contributed by atoms with van der Waals surface area (Å²) in [6, 6.07) is 0.472. The first-order chi connectivity index (χ1) is 6.06. The molecule has 13 heavy (non-hydrogen) atoms. The highest BCUT2D eigenvalue weighted by molar-refractivity contribution is 7.92. The van der Waals surface area contributed by atoms with Gasteiger partial charge in [0.15, 0.2) is 0 Å². The maximum absolute atomic E-state index is 4.69. The molecule has 1 unspecified atom stereocenters. The van der Waals surface area contributed by atoms with Crippen LogP contribution in [0.3, 0.4) is 0 Å². The molecule has 1 N–H and O–H groups in total. The second-order valence-corrected chi connectivity index (χ2v) is 4.57. The van der Waals surface area contributed by atoms with Crippen LogP contribution in [0.25, 0.3) is 0 Å². The van der Waals surface area contributed by atoms with E-state index in [0.29, 0.717) is 6.04 Å². The molecule has 1 atom stereocenters. The predicted molar refractivity (Wildman–Crippen MR) is 53.9 cm³/mol. The standard InChI is InChI=1S/C8H18N2O2S/c1-8(2)5-7(6-10(8)3)9-13-12-11-4/h7,9H,5-6H2,1-4H3. The van der Waals surface area contributed by atoms with Crippen LogP contribution in [0.2, 0.25) is 0 Å². The molecule has 78 valence electrons. The van der Waals surface area contributed by atoms with Crippen molar-refractivity contribution in [1.82, 2.24) is 9.62 Å². The summed E-state index contributed by atoms with van der Waals surface area (Å²) in [5.41, 5.74) is 0.283. The fourth-order valence-corrected chi connectivity index (χ4v) is 2.00. The van der Waals surface area contributed by atoms with Gasteiger partial charge in [0.25, 0.3) is 0 Å². The summed E-state index contributed by atoms with van der Waals surface area (Å²) in [5.74, 6) is 0. The summed E-state index contributed by atoms with van der Waals surface area (Å²) < 4.78 is 7.88. The lowest BCUT2D eigenvalue weighted by atomic mass is 10.0. The van der Waals surface area contributed by atoms with E-state index >= 15 is 0 Å². The molecular formula is C8H18N2O2S. The molecule has 0 aromatic carbocycles. The summed E-state index contributed by atoms with van der Waals surface area (Å²) in [6.45, 7) is 5.54. The average molecular weight is 206 g/mol. The van der Waals surface area contributed by atoms with Crippen molar-refractivity contribution < 1.29 is 9.22 Å². The van der Waals surface area contributed by atoms with Crippen molar-refractivity contribution in [2.45, 2.75) is 31.8 Å². The van der Waals surface area contributed by atoms with E-state index in [1.807, 2.05) is 0 Å². The van der Waals surface area contributed by atoms with E-state index < -0.39 is 0 Å². The Hall–Kier alpha value is 0.190. The summed E-state index contributed by atoms with van der Waals surface area (Å²) in [7, 11) is 3.64. The number of hydrogen-bond donors (Lipinski definition) is 1. The number of likely N-dealkylation sites (tertiary alicyclic amines) is 1. The molecule has 1 aliphatic rings. The van der Waals surface area contributed by atoms with Crippen LogP contribution in [0.5, 0.6) is 0 Å². The van der Waals surface area contributed by atoms with E-state index in [0.717, 1.165) is 25.2 Å². The highest BCUT2D eigenvalue weighted by atomic mass is 32.2. The minimum Gasteiger partial charge on any atom is -0.300 e. The molecular weight excluding hydrogens is 188 g/mol. The second kappa shape index (κ2) is 4.61. The van der Waals surface area contributed by atoms with Crippen molar-refractivity contribution in [3.8, 4) is 0 Å². The Balaban J connectivity index is 2.24. The lowest BCUT2D eigenvalue weighted by Gasteiger charge is -2.26. The van der Waals surface area contributed by atoms with Crippen LogP contribution >= 0.6 is 12.2 Å². The predicted octanol–water partition coefficient (Wildman–Crippen LogP) is 1.20. The largest absolute Gasteiger partial charge is 0.300 e. The van der Waals surface area contributed by atoms with Crippen molar-refractivity contribution in [3.63, 3.8) is 0 Å². The van der Waals surface area contributed by atoms with Gasteiger partial charge < -0.3 is 0 Å². The maximum Gasteiger partial charge on any atom is 0.118 e. The Morgan fingerprint density at radius 3 is 2.69 bits per heavy atom. The van der Waals surface area contributed by atoms with Crippen LogP contribution in [0.1, 0.15) is 20.3 Å². The smallest absolute Gasteiger partial charge is 0.118 e. The van der Waals surface area contributed by atoms with E-state index in [2.05, 4.69) is 39.7 Å². The maximum atomic E-state index is 4.69. The van der Waals surface area contributed by atoms with Crippen LogP contribution < -0.4 is 4.72 Å². The number of nitrogens with one attached hydrogen (secondary N) is 1. The third-order valence-corrected chi connectivity index (χ3v) is 3.22. The zero-order valence-electron chi connectivity index (χ0n) is 8.66. The van der Waals surface area contributed by atoms with Gasteiger partial charge >= 0.3 is 0 Å². The lowest BCUT2D eigenvalue weighted by molar-refractivity contribution is -0.161. The molecule has 0 saturated carbocycles. The van der Waals surface area contributed by atoms with E-state index in [1.54, 1.807) is 0 Å². The minimum absolute atomic E-state index is 0.283. The average Bonchev–Trinajstić information content (AvgIpc) is 2.27. The van der Waals surface area contributed by atoms with Gasteiger partial charge in [-0.3, -0.25) is 4.90 Å². The Kier molecular flexibility index (Phi) is 4.00. The van der Waals surface area contributed by atoms with E-state index in [-0.39, 0.29) is 5.54 Å². The number of likely N-dealkylation sites (N-methyl/N-ethyl adjacent to an activating group) is 1. The van der Waals surface area contributed by atoms with Crippen LogP contribution in [-0.2, 0) is 9.22 Å². The van der Waals surface area contributed by atoms with Gasteiger partial charge in [-0.25, -0.2) is 9.61 Å². The van der Waals surface area contributed by atoms with Gasteiger partial charge in [-0.1, -0.05) is 0 Å². The van der Waals surface area contributed by atoms with Crippen molar-refractivity contribution in [2.75, 3.05) is 20.7 Å². The van der Waals surface area contributed by atoms with Crippen LogP contribution in [-0.4, -0.2) is 37.2 Å². The summed E-state index contributed by atoms with van der Waals surface area (Å²) in [6.07, 6.45) is 1.13. The van der Waals surface area contributed by atoms with Crippen LogP contribution in [0.4, 0.5) is 0 Å². The monoisotopic (exact) mass is 206 g/mol. The molecule has 0 aromatic heterocycles. The number of nitrogens with zero attached hydrogens (tertiary/aromatic N) is 1. The van der Waals surface area contributed by atoms with Crippen molar-refractivity contribution in [2.24, 2.45) is 0 Å². The Morgan fingerprint density at radius 1 is 1.54 bits per heavy atom. The van der Waals surface area contributed by atoms with Crippen LogP contribution in [0.15, 0.2) is 0 Å². The third-order valence-electron chi connectivity index (χ3n) is 2.59. The molecule has 0 bridgehead atoms. The fourth-order valence-electron chi connectivity index (χ4n) is 1.60. The zero-order chi connectivity index (χ0) is 9.90. The third kappa shape index (κ3) is 3.11.